The first-order valence-electron chi connectivity index (χ1n) is 5.67. The molecular formula is C13H14O5. The molecule has 1 aliphatic carbocycles. The van der Waals surface area contributed by atoms with Crippen molar-refractivity contribution in [3.05, 3.63) is 29.3 Å². The predicted molar refractivity (Wildman–Crippen MR) is 62.8 cm³/mol. The van der Waals surface area contributed by atoms with Crippen LogP contribution >= 0.6 is 0 Å². The van der Waals surface area contributed by atoms with Crippen molar-refractivity contribution in [2.24, 2.45) is 5.92 Å². The molecule has 0 unspecified atom stereocenters. The van der Waals surface area contributed by atoms with Crippen LogP contribution in [0.4, 0.5) is 0 Å². The molecule has 5 nitrogen and oxygen atoms in total. The fourth-order valence-corrected chi connectivity index (χ4v) is 2.58. The standard InChI is InChI=1S/C13H14O5/c1-18-9-4-2-3-7-5-6-8(12(14)15)11(10(7)9)13(16)17/h2-4,8,11H,5-6H2,1H3,(H,14,15)(H,16,17)/t8-,11-/m1/s1. The molecular weight excluding hydrogens is 236 g/mol. The van der Waals surface area contributed by atoms with Gasteiger partial charge in [0.15, 0.2) is 0 Å². The van der Waals surface area contributed by atoms with Crippen LogP contribution < -0.4 is 4.74 Å². The first-order chi connectivity index (χ1) is 8.56. The van der Waals surface area contributed by atoms with Crippen molar-refractivity contribution in [1.82, 2.24) is 0 Å². The maximum Gasteiger partial charge on any atom is 0.312 e. The molecule has 0 aromatic heterocycles. The number of carbonyl (C=O) groups is 2. The molecule has 2 rings (SSSR count). The molecule has 96 valence electrons. The van der Waals surface area contributed by atoms with Crippen molar-refractivity contribution in [3.63, 3.8) is 0 Å². The Hall–Kier alpha value is -2.04. The highest BCUT2D eigenvalue weighted by atomic mass is 16.5. The van der Waals surface area contributed by atoms with Gasteiger partial charge < -0.3 is 14.9 Å². The highest BCUT2D eigenvalue weighted by Crippen LogP contribution is 2.41. The lowest BCUT2D eigenvalue weighted by molar-refractivity contribution is -0.150. The van der Waals surface area contributed by atoms with Gasteiger partial charge in [-0.25, -0.2) is 0 Å². The molecule has 1 aromatic rings. The van der Waals surface area contributed by atoms with Crippen LogP contribution in [0.15, 0.2) is 18.2 Å². The first-order valence-corrected chi connectivity index (χ1v) is 5.67. The molecule has 5 heteroatoms. The van der Waals surface area contributed by atoms with Crippen LogP contribution in [-0.2, 0) is 16.0 Å². The Morgan fingerprint density at radius 1 is 1.28 bits per heavy atom. The van der Waals surface area contributed by atoms with Crippen molar-refractivity contribution >= 4 is 11.9 Å². The Balaban J connectivity index is 2.57. The number of aliphatic carboxylic acids is 2. The molecule has 2 N–H and O–H groups in total. The predicted octanol–water partition coefficient (Wildman–Crippen LogP) is 1.51. The number of rotatable bonds is 3. The number of hydrogen-bond acceptors (Lipinski definition) is 3. The average molecular weight is 250 g/mol. The Labute approximate surface area is 104 Å². The van der Waals surface area contributed by atoms with E-state index in [2.05, 4.69) is 0 Å². The second kappa shape index (κ2) is 4.68. The van der Waals surface area contributed by atoms with E-state index in [0.29, 0.717) is 24.2 Å². The van der Waals surface area contributed by atoms with Gasteiger partial charge in [-0.3, -0.25) is 9.59 Å². The molecule has 2 atom stereocenters. The van der Waals surface area contributed by atoms with Crippen molar-refractivity contribution in [3.8, 4) is 5.75 Å². The molecule has 0 fully saturated rings. The van der Waals surface area contributed by atoms with Crippen molar-refractivity contribution in [1.29, 1.82) is 0 Å². The summed E-state index contributed by atoms with van der Waals surface area (Å²) >= 11 is 0. The summed E-state index contributed by atoms with van der Waals surface area (Å²) in [6.07, 6.45) is 0.903. The van der Waals surface area contributed by atoms with E-state index in [-0.39, 0.29) is 0 Å². The van der Waals surface area contributed by atoms with Gasteiger partial charge in [-0.05, 0) is 24.5 Å². The van der Waals surface area contributed by atoms with Gasteiger partial charge in [0.05, 0.1) is 18.9 Å². The van der Waals surface area contributed by atoms with Crippen LogP contribution in [0.2, 0.25) is 0 Å². The minimum Gasteiger partial charge on any atom is -0.496 e. The van der Waals surface area contributed by atoms with E-state index in [1.807, 2.05) is 6.07 Å². The number of fused-ring (bicyclic) bond motifs is 1. The molecule has 0 saturated carbocycles. The lowest BCUT2D eigenvalue weighted by atomic mass is 9.74. The number of methoxy groups -OCH3 is 1. The Morgan fingerprint density at radius 3 is 2.56 bits per heavy atom. The number of ether oxygens (including phenoxy) is 1. The lowest BCUT2D eigenvalue weighted by Gasteiger charge is -2.29. The van der Waals surface area contributed by atoms with E-state index in [1.165, 1.54) is 7.11 Å². The van der Waals surface area contributed by atoms with Gasteiger partial charge >= 0.3 is 11.9 Å². The minimum atomic E-state index is -1.12. The largest absolute Gasteiger partial charge is 0.496 e. The van der Waals surface area contributed by atoms with Gasteiger partial charge in [0.2, 0.25) is 0 Å². The number of aryl methyl sites for hydroxylation is 1. The molecule has 0 radical (unpaired) electrons. The summed E-state index contributed by atoms with van der Waals surface area (Å²) in [5, 5.41) is 18.4. The zero-order valence-electron chi connectivity index (χ0n) is 9.92. The number of benzene rings is 1. The van der Waals surface area contributed by atoms with E-state index in [9.17, 15) is 14.7 Å². The Bertz CT molecular complexity index is 480. The van der Waals surface area contributed by atoms with Crippen LogP contribution in [-0.4, -0.2) is 29.3 Å². The van der Waals surface area contributed by atoms with Crippen molar-refractivity contribution < 1.29 is 24.5 Å². The molecule has 0 bridgehead atoms. The normalized spacial score (nSPS) is 22.1. The third kappa shape index (κ3) is 1.92. The van der Waals surface area contributed by atoms with E-state index >= 15 is 0 Å². The molecule has 0 saturated heterocycles. The van der Waals surface area contributed by atoms with E-state index in [1.54, 1.807) is 12.1 Å². The van der Waals surface area contributed by atoms with E-state index in [4.69, 9.17) is 9.84 Å². The van der Waals surface area contributed by atoms with E-state index in [0.717, 1.165) is 5.56 Å². The zero-order valence-corrected chi connectivity index (χ0v) is 9.92. The second-order valence-electron chi connectivity index (χ2n) is 4.33. The molecule has 0 heterocycles. The number of carboxylic acids is 2. The summed E-state index contributed by atoms with van der Waals surface area (Å²) < 4.78 is 5.16. The van der Waals surface area contributed by atoms with E-state index < -0.39 is 23.8 Å². The molecule has 0 amide bonds. The third-order valence-electron chi connectivity index (χ3n) is 3.40. The maximum absolute atomic E-state index is 11.4. The molecule has 1 aliphatic rings. The molecule has 0 spiro atoms. The van der Waals surface area contributed by atoms with Gasteiger partial charge in [-0.2, -0.15) is 0 Å². The molecule has 1 aromatic carbocycles. The number of carboxylic acid groups (broad SMARTS) is 2. The highest BCUT2D eigenvalue weighted by Gasteiger charge is 2.40. The smallest absolute Gasteiger partial charge is 0.312 e. The summed E-state index contributed by atoms with van der Waals surface area (Å²) in [7, 11) is 1.46. The Kier molecular flexibility index (Phi) is 3.23. The summed E-state index contributed by atoms with van der Waals surface area (Å²) in [5.41, 5.74) is 1.37. The summed E-state index contributed by atoms with van der Waals surface area (Å²) in [5.74, 6) is -3.67. The van der Waals surface area contributed by atoms with Gasteiger partial charge in [-0.15, -0.1) is 0 Å². The van der Waals surface area contributed by atoms with Gasteiger partial charge in [-0.1, -0.05) is 12.1 Å². The topological polar surface area (TPSA) is 83.8 Å². The lowest BCUT2D eigenvalue weighted by Crippen LogP contribution is -2.32. The van der Waals surface area contributed by atoms with Crippen molar-refractivity contribution in [2.75, 3.05) is 7.11 Å². The van der Waals surface area contributed by atoms with Gasteiger partial charge in [0, 0.05) is 5.56 Å². The third-order valence-corrected chi connectivity index (χ3v) is 3.40. The SMILES string of the molecule is COc1cccc2c1[C@H](C(=O)O)[C@H](C(=O)O)CC2. The Morgan fingerprint density at radius 2 is 2.00 bits per heavy atom. The summed E-state index contributed by atoms with van der Waals surface area (Å²) in [4.78, 5) is 22.6. The first kappa shape index (κ1) is 12.4. The molecule has 18 heavy (non-hydrogen) atoms. The quantitative estimate of drug-likeness (QED) is 0.849. The fourth-order valence-electron chi connectivity index (χ4n) is 2.58. The fraction of sp³-hybridized carbons (Fsp3) is 0.385. The maximum atomic E-state index is 11.4. The van der Waals surface area contributed by atoms with Gasteiger partial charge in [0.1, 0.15) is 5.75 Å². The van der Waals surface area contributed by atoms with Crippen molar-refractivity contribution in [2.45, 2.75) is 18.8 Å². The van der Waals surface area contributed by atoms with Crippen LogP contribution in [0.1, 0.15) is 23.5 Å². The summed E-state index contributed by atoms with van der Waals surface area (Å²) in [6.45, 7) is 0. The minimum absolute atomic E-state index is 0.340. The highest BCUT2D eigenvalue weighted by molar-refractivity contribution is 5.86. The van der Waals surface area contributed by atoms with Crippen LogP contribution in [0.5, 0.6) is 5.75 Å². The number of hydrogen-bond donors (Lipinski definition) is 2. The second-order valence-corrected chi connectivity index (χ2v) is 4.33. The van der Waals surface area contributed by atoms with Crippen LogP contribution in [0.3, 0.4) is 0 Å². The van der Waals surface area contributed by atoms with Crippen LogP contribution in [0, 0.1) is 5.92 Å². The monoisotopic (exact) mass is 250 g/mol. The van der Waals surface area contributed by atoms with Crippen LogP contribution in [0.25, 0.3) is 0 Å². The van der Waals surface area contributed by atoms with Gasteiger partial charge in [0.25, 0.3) is 0 Å². The average Bonchev–Trinajstić information content (AvgIpc) is 2.36. The molecule has 0 aliphatic heterocycles. The summed E-state index contributed by atoms with van der Waals surface area (Å²) in [6, 6.07) is 5.28. The zero-order chi connectivity index (χ0) is 13.3.